The average molecular weight is 187 g/mol. The number of rotatable bonds is 1. The number of nitrogens with zero attached hydrogens (tertiary/aromatic N) is 1. The summed E-state index contributed by atoms with van der Waals surface area (Å²) in [5.74, 6) is 0.241. The second-order valence-electron chi connectivity index (χ2n) is 1.52. The third kappa shape index (κ3) is 58.5. The molecule has 0 aromatic carbocycles. The zero-order valence-corrected chi connectivity index (χ0v) is 8.43. The van der Waals surface area contributed by atoms with Gasteiger partial charge in [-0.15, -0.1) is 0 Å². The lowest BCUT2D eigenvalue weighted by atomic mass is 10.2. The molecule has 0 aliphatic rings. The maximum atomic E-state index is 8.12. The first-order chi connectivity index (χ1) is 5.22. The van der Waals surface area contributed by atoms with Gasteiger partial charge in [-0.1, -0.05) is 16.3 Å². The highest BCUT2D eigenvalue weighted by Crippen LogP contribution is 1.94. The molecule has 0 bridgehead atoms. The van der Waals surface area contributed by atoms with Crippen molar-refractivity contribution in [2.24, 2.45) is 11.4 Å². The Morgan fingerprint density at radius 2 is 1.75 bits per heavy atom. The summed E-state index contributed by atoms with van der Waals surface area (Å²) in [6.45, 7) is 3.92. The molecule has 0 aromatic rings. The van der Waals surface area contributed by atoms with Crippen molar-refractivity contribution in [1.29, 1.82) is 5.26 Å². The molecule has 0 aromatic heterocycles. The molecular weight excluding hydrogens is 174 g/mol. The molecule has 0 spiro atoms. The van der Waals surface area contributed by atoms with Crippen molar-refractivity contribution in [2.75, 3.05) is 0 Å². The molecule has 4 nitrogen and oxygen atoms in total. The number of nitriles is 1. The quantitative estimate of drug-likeness (QED) is 0.473. The van der Waals surface area contributed by atoms with Crippen LogP contribution in [0.1, 0.15) is 20.3 Å². The second-order valence-corrected chi connectivity index (χ2v) is 1.52. The molecule has 0 aliphatic carbocycles. The van der Waals surface area contributed by atoms with Gasteiger partial charge in [-0.2, -0.15) is 14.9 Å². The highest BCUT2D eigenvalue weighted by atomic mass is 31.0. The van der Waals surface area contributed by atoms with Crippen molar-refractivity contribution in [1.82, 2.24) is 0 Å². The van der Waals surface area contributed by atoms with Gasteiger partial charge >= 0.3 is 6.15 Å². The molecule has 3 radical (unpaired) electrons. The molecule has 2 N–H and O–H groups in total. The van der Waals surface area contributed by atoms with E-state index in [1.54, 1.807) is 0 Å². The van der Waals surface area contributed by atoms with Crippen LogP contribution in [-0.2, 0) is 9.59 Å². The Hall–Kier alpha value is -0.675. The Morgan fingerprint density at radius 1 is 1.50 bits per heavy atom. The maximum absolute atomic E-state index is 8.12. The van der Waals surface area contributed by atoms with Gasteiger partial charge < -0.3 is 5.50 Å². The third-order valence-corrected chi connectivity index (χ3v) is 0.833. The number of nitrogens with two attached hydrogens (primary N) is 1. The van der Waals surface area contributed by atoms with Gasteiger partial charge in [0.05, 0.1) is 6.07 Å². The fraction of sp³-hybridized carbons (Fsp3) is 0.667. The highest BCUT2D eigenvalue weighted by Gasteiger charge is 1.88. The van der Waals surface area contributed by atoms with Crippen LogP contribution in [0.15, 0.2) is 0 Å². The van der Waals surface area contributed by atoms with Gasteiger partial charge in [0.1, 0.15) is 0 Å². The van der Waals surface area contributed by atoms with Crippen molar-refractivity contribution >= 4 is 24.0 Å². The number of carbonyl (C=O) groups excluding carboxylic acids is 2. The minimum absolute atomic E-state index is 0. The highest BCUT2D eigenvalue weighted by molar-refractivity contribution is 7.13. The van der Waals surface area contributed by atoms with Crippen LogP contribution in [0.3, 0.4) is 0 Å². The van der Waals surface area contributed by atoms with Crippen LogP contribution in [0.5, 0.6) is 0 Å². The molecule has 6 heteroatoms. The van der Waals surface area contributed by atoms with Crippen molar-refractivity contribution in [3.05, 3.63) is 0 Å². The number of hydrogen-bond donors (Lipinski definition) is 1. The fourth-order valence-electron chi connectivity index (χ4n) is 0.0913. The molecular formula is C6H13BN2O2P. The molecule has 2 unspecified atom stereocenters. The summed E-state index contributed by atoms with van der Waals surface area (Å²) in [6, 6.07) is 2.11. The van der Waals surface area contributed by atoms with Crippen LogP contribution in [0.2, 0.25) is 0 Å². The Labute approximate surface area is 77.3 Å². The van der Waals surface area contributed by atoms with Gasteiger partial charge in [0, 0.05) is 14.3 Å². The van der Waals surface area contributed by atoms with Crippen molar-refractivity contribution in [3.63, 3.8) is 0 Å². The lowest BCUT2D eigenvalue weighted by Gasteiger charge is -1.87. The SMILES string of the molecule is CCC(C)C#N.NP.O=C=O.[B]. The summed E-state index contributed by atoms with van der Waals surface area (Å²) < 4.78 is 0. The normalized spacial score (nSPS) is 7.58. The second kappa shape index (κ2) is 31.7. The average Bonchev–Trinajstić information content (AvgIpc) is 2.08. The monoisotopic (exact) mass is 187 g/mol. The van der Waals surface area contributed by atoms with E-state index in [1.807, 2.05) is 23.2 Å². The van der Waals surface area contributed by atoms with E-state index in [0.29, 0.717) is 0 Å². The summed E-state index contributed by atoms with van der Waals surface area (Å²) in [7, 11) is 1.92. The summed E-state index contributed by atoms with van der Waals surface area (Å²) >= 11 is 0. The smallest absolute Gasteiger partial charge is 0.314 e. The van der Waals surface area contributed by atoms with E-state index >= 15 is 0 Å². The molecule has 0 heterocycles. The molecule has 12 heavy (non-hydrogen) atoms. The third-order valence-electron chi connectivity index (χ3n) is 0.833. The lowest BCUT2D eigenvalue weighted by molar-refractivity contribution is -0.191. The van der Waals surface area contributed by atoms with Crippen molar-refractivity contribution in [3.8, 4) is 6.07 Å². The molecule has 0 saturated carbocycles. The van der Waals surface area contributed by atoms with Crippen LogP contribution < -0.4 is 5.50 Å². The van der Waals surface area contributed by atoms with Gasteiger partial charge in [-0.25, -0.2) is 0 Å². The summed E-state index contributed by atoms with van der Waals surface area (Å²) in [4.78, 5) is 16.2. The van der Waals surface area contributed by atoms with E-state index in [4.69, 9.17) is 14.9 Å². The Balaban J connectivity index is -0.0000000462. The van der Waals surface area contributed by atoms with E-state index in [9.17, 15) is 0 Å². The predicted molar refractivity (Wildman–Crippen MR) is 49.7 cm³/mol. The largest absolute Gasteiger partial charge is 0.373 e. The van der Waals surface area contributed by atoms with E-state index in [0.717, 1.165) is 6.42 Å². The van der Waals surface area contributed by atoms with Gasteiger partial charge in [-0.05, 0) is 13.3 Å². The van der Waals surface area contributed by atoms with E-state index < -0.39 is 0 Å². The molecule has 0 aliphatic heterocycles. The molecule has 0 saturated heterocycles. The topological polar surface area (TPSA) is 83.9 Å². The van der Waals surface area contributed by atoms with Crippen LogP contribution in [0.4, 0.5) is 0 Å². The minimum atomic E-state index is 0. The molecule has 0 amide bonds. The molecule has 2 atom stereocenters. The van der Waals surface area contributed by atoms with Crippen molar-refractivity contribution < 1.29 is 9.59 Å². The van der Waals surface area contributed by atoms with Gasteiger partial charge in [0.15, 0.2) is 0 Å². The van der Waals surface area contributed by atoms with E-state index in [1.165, 1.54) is 0 Å². The predicted octanol–water partition coefficient (Wildman–Crippen LogP) is 0.327. The van der Waals surface area contributed by atoms with Gasteiger partial charge in [-0.3, -0.25) is 0 Å². The molecule has 67 valence electrons. The molecule has 0 fully saturated rings. The summed E-state index contributed by atoms with van der Waals surface area (Å²) in [5.41, 5.74) is 4.42. The lowest BCUT2D eigenvalue weighted by Crippen LogP contribution is -1.81. The maximum Gasteiger partial charge on any atom is 0.373 e. The Morgan fingerprint density at radius 3 is 1.75 bits per heavy atom. The van der Waals surface area contributed by atoms with Gasteiger partial charge in [0.2, 0.25) is 0 Å². The van der Waals surface area contributed by atoms with Gasteiger partial charge in [0.25, 0.3) is 0 Å². The first-order valence-electron chi connectivity index (χ1n) is 2.95. The Kier molecular flexibility index (Phi) is 59.4. The van der Waals surface area contributed by atoms with E-state index in [2.05, 4.69) is 11.6 Å². The fourth-order valence-corrected chi connectivity index (χ4v) is 0.0913. The van der Waals surface area contributed by atoms with Crippen LogP contribution in [-0.4, -0.2) is 14.6 Å². The molecule has 0 rings (SSSR count). The van der Waals surface area contributed by atoms with Crippen LogP contribution >= 0.6 is 9.39 Å². The van der Waals surface area contributed by atoms with Crippen LogP contribution in [0, 0.1) is 17.2 Å². The Bertz CT molecular complexity index is 132. The zero-order chi connectivity index (χ0) is 9.70. The standard InChI is InChI=1S/C5H9N.CO2.B.H4NP/c1-3-5(2)4-6;2-1-3;;1-2/h5H,3H2,1-2H3;;;1-2H2. The zero-order valence-electron chi connectivity index (χ0n) is 7.28. The van der Waals surface area contributed by atoms with Crippen LogP contribution in [0.25, 0.3) is 0 Å². The number of hydrogen-bond acceptors (Lipinski definition) is 4. The summed E-state index contributed by atoms with van der Waals surface area (Å²) in [5, 5.41) is 8.08. The first kappa shape index (κ1) is 22.5. The summed E-state index contributed by atoms with van der Waals surface area (Å²) in [6.07, 6.45) is 1.22. The van der Waals surface area contributed by atoms with E-state index in [-0.39, 0.29) is 20.5 Å². The minimum Gasteiger partial charge on any atom is -0.314 e. The van der Waals surface area contributed by atoms with Crippen molar-refractivity contribution in [2.45, 2.75) is 20.3 Å². The first-order valence-corrected chi connectivity index (χ1v) is 3.61.